The monoisotopic (exact) mass is 248 g/mol. The Bertz CT molecular complexity index is 422. The van der Waals surface area contributed by atoms with Crippen LogP contribution < -0.4 is 10.6 Å². The van der Waals surface area contributed by atoms with Crippen LogP contribution in [0.1, 0.15) is 46.4 Å². The van der Waals surface area contributed by atoms with Crippen molar-refractivity contribution in [3.63, 3.8) is 0 Å². The molecular formula is C14H24N4. The van der Waals surface area contributed by atoms with Crippen molar-refractivity contribution in [3.8, 4) is 0 Å². The van der Waals surface area contributed by atoms with Gasteiger partial charge in [0, 0.05) is 24.6 Å². The third-order valence-electron chi connectivity index (χ3n) is 3.59. The summed E-state index contributed by atoms with van der Waals surface area (Å²) in [5, 5.41) is 0. The first-order chi connectivity index (χ1) is 8.40. The maximum atomic E-state index is 5.91. The predicted octanol–water partition coefficient (Wildman–Crippen LogP) is 2.59. The highest BCUT2D eigenvalue weighted by molar-refractivity contribution is 5.48. The highest BCUT2D eigenvalue weighted by Gasteiger charge is 2.25. The second-order valence-electron chi connectivity index (χ2n) is 6.23. The van der Waals surface area contributed by atoms with Crippen LogP contribution in [0, 0.1) is 5.92 Å². The molecule has 2 N–H and O–H groups in total. The van der Waals surface area contributed by atoms with Gasteiger partial charge in [-0.3, -0.25) is 0 Å². The minimum atomic E-state index is -0.0615. The van der Waals surface area contributed by atoms with Gasteiger partial charge in [0.1, 0.15) is 17.5 Å². The Morgan fingerprint density at radius 2 is 2.11 bits per heavy atom. The van der Waals surface area contributed by atoms with E-state index in [0.29, 0.717) is 5.82 Å². The molecule has 4 nitrogen and oxygen atoms in total. The molecule has 2 heterocycles. The van der Waals surface area contributed by atoms with Gasteiger partial charge in [-0.1, -0.05) is 34.1 Å². The maximum absolute atomic E-state index is 5.91. The fourth-order valence-electron chi connectivity index (χ4n) is 2.32. The highest BCUT2D eigenvalue weighted by atomic mass is 15.2. The van der Waals surface area contributed by atoms with Gasteiger partial charge in [0.05, 0.1) is 0 Å². The largest absolute Gasteiger partial charge is 0.384 e. The van der Waals surface area contributed by atoms with Gasteiger partial charge >= 0.3 is 0 Å². The van der Waals surface area contributed by atoms with Gasteiger partial charge < -0.3 is 10.6 Å². The third-order valence-corrected chi connectivity index (χ3v) is 3.59. The molecule has 4 heteroatoms. The van der Waals surface area contributed by atoms with Gasteiger partial charge in [-0.2, -0.15) is 0 Å². The zero-order valence-electron chi connectivity index (χ0n) is 11.9. The van der Waals surface area contributed by atoms with Crippen LogP contribution in [0.15, 0.2) is 6.07 Å². The lowest BCUT2D eigenvalue weighted by Crippen LogP contribution is -2.24. The van der Waals surface area contributed by atoms with Crippen LogP contribution in [0.25, 0.3) is 0 Å². The number of hydrogen-bond acceptors (Lipinski definition) is 4. The van der Waals surface area contributed by atoms with Crippen molar-refractivity contribution in [2.45, 2.75) is 46.0 Å². The van der Waals surface area contributed by atoms with E-state index < -0.39 is 0 Å². The molecule has 18 heavy (non-hydrogen) atoms. The molecule has 2 rings (SSSR count). The van der Waals surface area contributed by atoms with Gasteiger partial charge in [0.25, 0.3) is 0 Å². The molecule has 1 aromatic rings. The summed E-state index contributed by atoms with van der Waals surface area (Å²) in [6, 6.07) is 1.90. The SMILES string of the molecule is CCC1CCN(c2cc(N)nc(C(C)(C)C)n2)C1. The Hall–Kier alpha value is -1.32. The average Bonchev–Trinajstić information content (AvgIpc) is 2.75. The second kappa shape index (κ2) is 4.75. The average molecular weight is 248 g/mol. The van der Waals surface area contributed by atoms with Crippen LogP contribution in [0.3, 0.4) is 0 Å². The van der Waals surface area contributed by atoms with Gasteiger partial charge in [0.2, 0.25) is 0 Å². The van der Waals surface area contributed by atoms with Crippen molar-refractivity contribution in [2.75, 3.05) is 23.7 Å². The number of nitrogens with two attached hydrogens (primary N) is 1. The second-order valence-corrected chi connectivity index (χ2v) is 6.23. The van der Waals surface area contributed by atoms with Crippen molar-refractivity contribution in [1.29, 1.82) is 0 Å². The number of anilines is 2. The summed E-state index contributed by atoms with van der Waals surface area (Å²) in [5.41, 5.74) is 5.85. The van der Waals surface area contributed by atoms with E-state index in [1.165, 1.54) is 12.8 Å². The Morgan fingerprint density at radius 1 is 1.39 bits per heavy atom. The fraction of sp³-hybridized carbons (Fsp3) is 0.714. The van der Waals surface area contributed by atoms with Crippen LogP contribution in [0.4, 0.5) is 11.6 Å². The summed E-state index contributed by atoms with van der Waals surface area (Å²) < 4.78 is 0. The lowest BCUT2D eigenvalue weighted by molar-refractivity contribution is 0.544. The number of hydrogen-bond donors (Lipinski definition) is 1. The van der Waals surface area contributed by atoms with E-state index in [4.69, 9.17) is 10.7 Å². The van der Waals surface area contributed by atoms with Crippen molar-refractivity contribution in [1.82, 2.24) is 9.97 Å². The molecule has 0 radical (unpaired) electrons. The van der Waals surface area contributed by atoms with E-state index in [1.54, 1.807) is 0 Å². The summed E-state index contributed by atoms with van der Waals surface area (Å²) in [6.45, 7) is 10.8. The van der Waals surface area contributed by atoms with E-state index in [9.17, 15) is 0 Å². The first-order valence-corrected chi connectivity index (χ1v) is 6.80. The Balaban J connectivity index is 2.26. The Kier molecular flexibility index (Phi) is 3.46. The first kappa shape index (κ1) is 13.1. The fourth-order valence-corrected chi connectivity index (χ4v) is 2.32. The standard InChI is InChI=1S/C14H24N4/c1-5-10-6-7-18(9-10)12-8-11(15)16-13(17-12)14(2,3)4/h8,10H,5-7,9H2,1-4H3,(H2,15,16,17). The van der Waals surface area contributed by atoms with Crippen LogP contribution in [-0.4, -0.2) is 23.1 Å². The maximum Gasteiger partial charge on any atom is 0.138 e. The van der Waals surface area contributed by atoms with E-state index in [1.807, 2.05) is 6.07 Å². The molecule has 1 atom stereocenters. The van der Waals surface area contributed by atoms with Gasteiger partial charge in [-0.15, -0.1) is 0 Å². The van der Waals surface area contributed by atoms with Gasteiger partial charge in [-0.25, -0.2) is 9.97 Å². The first-order valence-electron chi connectivity index (χ1n) is 6.80. The lowest BCUT2D eigenvalue weighted by Gasteiger charge is -2.22. The molecule has 0 aromatic carbocycles. The lowest BCUT2D eigenvalue weighted by atomic mass is 9.96. The molecule has 0 bridgehead atoms. The summed E-state index contributed by atoms with van der Waals surface area (Å²) in [7, 11) is 0. The zero-order chi connectivity index (χ0) is 13.3. The molecule has 0 spiro atoms. The molecule has 0 amide bonds. The van der Waals surface area contributed by atoms with E-state index in [0.717, 1.165) is 30.6 Å². The van der Waals surface area contributed by atoms with Crippen molar-refractivity contribution < 1.29 is 0 Å². The third kappa shape index (κ3) is 2.74. The van der Waals surface area contributed by atoms with Crippen molar-refractivity contribution in [2.24, 2.45) is 5.92 Å². The quantitative estimate of drug-likeness (QED) is 0.874. The molecule has 1 unspecified atom stereocenters. The van der Waals surface area contributed by atoms with Gasteiger partial charge in [0.15, 0.2) is 0 Å². The predicted molar refractivity (Wildman–Crippen MR) is 75.8 cm³/mol. The zero-order valence-corrected chi connectivity index (χ0v) is 11.9. The molecule has 0 aliphatic carbocycles. The highest BCUT2D eigenvalue weighted by Crippen LogP contribution is 2.27. The molecule has 100 valence electrons. The van der Waals surface area contributed by atoms with Crippen LogP contribution in [-0.2, 0) is 5.41 Å². The summed E-state index contributed by atoms with van der Waals surface area (Å²) >= 11 is 0. The van der Waals surface area contributed by atoms with E-state index in [-0.39, 0.29) is 5.41 Å². The molecular weight excluding hydrogens is 224 g/mol. The molecule has 1 aliphatic heterocycles. The van der Waals surface area contributed by atoms with Crippen molar-refractivity contribution >= 4 is 11.6 Å². The molecule has 0 saturated carbocycles. The summed E-state index contributed by atoms with van der Waals surface area (Å²) in [4.78, 5) is 11.4. The minimum Gasteiger partial charge on any atom is -0.384 e. The van der Waals surface area contributed by atoms with Crippen LogP contribution >= 0.6 is 0 Å². The number of nitrogens with zero attached hydrogens (tertiary/aromatic N) is 3. The normalized spacial score (nSPS) is 20.4. The molecule has 1 aromatic heterocycles. The number of nitrogen functional groups attached to an aromatic ring is 1. The van der Waals surface area contributed by atoms with Gasteiger partial charge in [-0.05, 0) is 12.3 Å². The van der Waals surface area contributed by atoms with E-state index >= 15 is 0 Å². The topological polar surface area (TPSA) is 55.0 Å². The number of rotatable bonds is 2. The van der Waals surface area contributed by atoms with Crippen LogP contribution in [0.5, 0.6) is 0 Å². The van der Waals surface area contributed by atoms with Crippen LogP contribution in [0.2, 0.25) is 0 Å². The Morgan fingerprint density at radius 3 is 2.67 bits per heavy atom. The minimum absolute atomic E-state index is 0.0615. The number of aromatic nitrogens is 2. The smallest absolute Gasteiger partial charge is 0.138 e. The van der Waals surface area contributed by atoms with Crippen molar-refractivity contribution in [3.05, 3.63) is 11.9 Å². The molecule has 1 saturated heterocycles. The molecule has 1 aliphatic rings. The summed E-state index contributed by atoms with van der Waals surface area (Å²) in [6.07, 6.45) is 2.49. The van der Waals surface area contributed by atoms with E-state index in [2.05, 4.69) is 37.6 Å². The summed E-state index contributed by atoms with van der Waals surface area (Å²) in [5.74, 6) is 3.19. The molecule has 1 fully saturated rings. The Labute approximate surface area is 110 Å².